The lowest BCUT2D eigenvalue weighted by atomic mass is 10.0. The first-order valence-electron chi connectivity index (χ1n) is 8.01. The molecule has 0 heterocycles. The van der Waals surface area contributed by atoms with E-state index < -0.39 is 18.5 Å². The number of aryl methyl sites for hydroxylation is 1. The van der Waals surface area contributed by atoms with Gasteiger partial charge in [0.2, 0.25) is 0 Å². The van der Waals surface area contributed by atoms with Gasteiger partial charge in [-0.25, -0.2) is 0 Å². The molecule has 6 heteroatoms. The molecule has 0 aliphatic carbocycles. The molecule has 3 aromatic carbocycles. The predicted molar refractivity (Wildman–Crippen MR) is 94.4 cm³/mol. The standard InChI is InChI=1S/C20H16F3NO2/c21-20(22,23)9-8-13-4-3-7-16(10-13)24-19(26)17-11-14-5-1-2-6-15(14)12-18(17)25/h1-7,10-12,25H,8-9H2,(H,24,26). The molecule has 2 N–H and O–H groups in total. The number of phenols is 1. The van der Waals surface area contributed by atoms with Crippen molar-refractivity contribution in [2.24, 2.45) is 0 Å². The van der Waals surface area contributed by atoms with Crippen molar-refractivity contribution in [3.05, 3.63) is 71.8 Å². The van der Waals surface area contributed by atoms with E-state index in [0.717, 1.165) is 10.8 Å². The van der Waals surface area contributed by atoms with E-state index in [4.69, 9.17) is 0 Å². The molecule has 0 spiro atoms. The zero-order valence-electron chi connectivity index (χ0n) is 13.7. The van der Waals surface area contributed by atoms with E-state index in [1.165, 1.54) is 12.1 Å². The van der Waals surface area contributed by atoms with E-state index in [-0.39, 0.29) is 17.7 Å². The van der Waals surface area contributed by atoms with Crippen LogP contribution in [0.25, 0.3) is 10.8 Å². The van der Waals surface area contributed by atoms with Crippen LogP contribution in [0.5, 0.6) is 5.75 Å². The summed E-state index contributed by atoms with van der Waals surface area (Å²) in [5.41, 5.74) is 0.953. The molecule has 0 aromatic heterocycles. The second kappa shape index (κ2) is 7.07. The number of alkyl halides is 3. The average Bonchev–Trinajstić information content (AvgIpc) is 2.59. The van der Waals surface area contributed by atoms with Gasteiger partial charge >= 0.3 is 6.18 Å². The van der Waals surface area contributed by atoms with Crippen LogP contribution in [0.2, 0.25) is 0 Å². The van der Waals surface area contributed by atoms with Crippen molar-refractivity contribution in [3.63, 3.8) is 0 Å². The summed E-state index contributed by atoms with van der Waals surface area (Å²) >= 11 is 0. The average molecular weight is 359 g/mol. The Hall–Kier alpha value is -3.02. The molecule has 0 bridgehead atoms. The first-order chi connectivity index (χ1) is 12.3. The van der Waals surface area contributed by atoms with Crippen LogP contribution in [-0.2, 0) is 6.42 Å². The summed E-state index contributed by atoms with van der Waals surface area (Å²) in [6.45, 7) is 0. The highest BCUT2D eigenvalue weighted by Crippen LogP contribution is 2.26. The predicted octanol–water partition coefficient (Wildman–Crippen LogP) is 5.29. The number of anilines is 1. The Balaban J connectivity index is 1.79. The zero-order valence-corrected chi connectivity index (χ0v) is 13.7. The van der Waals surface area contributed by atoms with Crippen LogP contribution >= 0.6 is 0 Å². The number of hydrogen-bond donors (Lipinski definition) is 2. The molecule has 0 saturated heterocycles. The Bertz CT molecular complexity index is 951. The maximum absolute atomic E-state index is 12.5. The number of aromatic hydroxyl groups is 1. The van der Waals surface area contributed by atoms with Gasteiger partial charge in [0.05, 0.1) is 5.56 Å². The van der Waals surface area contributed by atoms with Crippen LogP contribution in [0.4, 0.5) is 18.9 Å². The van der Waals surface area contributed by atoms with Gasteiger partial charge in [0.1, 0.15) is 5.75 Å². The molecule has 3 nitrogen and oxygen atoms in total. The van der Waals surface area contributed by atoms with Crippen LogP contribution in [0.1, 0.15) is 22.3 Å². The highest BCUT2D eigenvalue weighted by molar-refractivity contribution is 6.08. The molecule has 0 aliphatic heterocycles. The Morgan fingerprint density at radius 2 is 1.65 bits per heavy atom. The van der Waals surface area contributed by atoms with E-state index in [1.807, 2.05) is 24.3 Å². The topological polar surface area (TPSA) is 49.3 Å². The maximum atomic E-state index is 12.5. The van der Waals surface area contributed by atoms with Gasteiger partial charge in [-0.1, -0.05) is 36.4 Å². The third-order valence-electron chi connectivity index (χ3n) is 3.99. The molecule has 0 fully saturated rings. The number of hydrogen-bond acceptors (Lipinski definition) is 2. The van der Waals surface area contributed by atoms with Gasteiger partial charge in [0, 0.05) is 12.1 Å². The third-order valence-corrected chi connectivity index (χ3v) is 3.99. The summed E-state index contributed by atoms with van der Waals surface area (Å²) < 4.78 is 37.0. The van der Waals surface area contributed by atoms with Crippen LogP contribution < -0.4 is 5.32 Å². The summed E-state index contributed by atoms with van der Waals surface area (Å²) in [7, 11) is 0. The second-order valence-electron chi connectivity index (χ2n) is 5.99. The van der Waals surface area contributed by atoms with E-state index >= 15 is 0 Å². The van der Waals surface area contributed by atoms with Gasteiger partial charge < -0.3 is 10.4 Å². The van der Waals surface area contributed by atoms with Gasteiger partial charge in [-0.05, 0) is 47.0 Å². The number of nitrogens with one attached hydrogen (secondary N) is 1. The van der Waals surface area contributed by atoms with Crippen LogP contribution in [-0.4, -0.2) is 17.2 Å². The van der Waals surface area contributed by atoms with Crippen LogP contribution in [0.3, 0.4) is 0 Å². The number of fused-ring (bicyclic) bond motifs is 1. The molecule has 0 aliphatic rings. The van der Waals surface area contributed by atoms with E-state index in [9.17, 15) is 23.1 Å². The van der Waals surface area contributed by atoms with Gasteiger partial charge in [0.15, 0.2) is 0 Å². The minimum absolute atomic E-state index is 0.101. The first-order valence-corrected chi connectivity index (χ1v) is 8.01. The number of amides is 1. The molecule has 1 amide bonds. The minimum Gasteiger partial charge on any atom is -0.507 e. The lowest BCUT2D eigenvalue weighted by molar-refractivity contribution is -0.134. The summed E-state index contributed by atoms with van der Waals surface area (Å²) in [6, 6.07) is 16.6. The highest BCUT2D eigenvalue weighted by Gasteiger charge is 2.26. The molecular weight excluding hydrogens is 343 g/mol. The number of phenolic OH excluding ortho intramolecular Hbond substituents is 1. The first kappa shape index (κ1) is 17.8. The Kier molecular flexibility index (Phi) is 4.84. The SMILES string of the molecule is O=C(Nc1cccc(CCC(F)(F)F)c1)c1cc2ccccc2cc1O. The molecule has 0 unspecified atom stereocenters. The monoisotopic (exact) mass is 359 g/mol. The van der Waals surface area contributed by atoms with Gasteiger partial charge in [0.25, 0.3) is 5.91 Å². The minimum atomic E-state index is -4.23. The van der Waals surface area contributed by atoms with Crippen molar-refractivity contribution in [2.45, 2.75) is 19.0 Å². The largest absolute Gasteiger partial charge is 0.507 e. The fourth-order valence-corrected chi connectivity index (χ4v) is 2.70. The molecule has 0 atom stereocenters. The normalized spacial score (nSPS) is 11.5. The lowest BCUT2D eigenvalue weighted by Crippen LogP contribution is -2.12. The molecule has 0 saturated carbocycles. The summed E-state index contributed by atoms with van der Waals surface area (Å²) in [4.78, 5) is 12.5. The summed E-state index contributed by atoms with van der Waals surface area (Å²) in [6.07, 6.45) is -5.31. The quantitative estimate of drug-likeness (QED) is 0.665. The third kappa shape index (κ3) is 4.33. The number of benzene rings is 3. The molecule has 0 radical (unpaired) electrons. The molecule has 3 aromatic rings. The van der Waals surface area contributed by atoms with E-state index in [0.29, 0.717) is 11.3 Å². The van der Waals surface area contributed by atoms with Crippen LogP contribution in [0, 0.1) is 0 Å². The van der Waals surface area contributed by atoms with Crippen molar-refractivity contribution >= 4 is 22.4 Å². The number of carbonyl (C=O) groups is 1. The van der Waals surface area contributed by atoms with Crippen molar-refractivity contribution < 1.29 is 23.1 Å². The molecule has 3 rings (SSSR count). The molecule has 26 heavy (non-hydrogen) atoms. The van der Waals surface area contributed by atoms with Crippen molar-refractivity contribution in [1.82, 2.24) is 0 Å². The fourth-order valence-electron chi connectivity index (χ4n) is 2.70. The molecule has 134 valence electrons. The highest BCUT2D eigenvalue weighted by atomic mass is 19.4. The van der Waals surface area contributed by atoms with Crippen molar-refractivity contribution in [3.8, 4) is 5.75 Å². The number of rotatable bonds is 4. The van der Waals surface area contributed by atoms with Gasteiger partial charge in [-0.15, -0.1) is 0 Å². The van der Waals surface area contributed by atoms with E-state index in [1.54, 1.807) is 24.3 Å². The Labute approximate surface area is 148 Å². The summed E-state index contributed by atoms with van der Waals surface area (Å²) in [5, 5.41) is 14.3. The van der Waals surface area contributed by atoms with Crippen molar-refractivity contribution in [1.29, 1.82) is 0 Å². The molecular formula is C20H16F3NO2. The van der Waals surface area contributed by atoms with Crippen molar-refractivity contribution in [2.75, 3.05) is 5.32 Å². The van der Waals surface area contributed by atoms with E-state index in [2.05, 4.69) is 5.32 Å². The second-order valence-corrected chi connectivity index (χ2v) is 5.99. The number of carbonyl (C=O) groups excluding carboxylic acids is 1. The van der Waals surface area contributed by atoms with Crippen LogP contribution in [0.15, 0.2) is 60.7 Å². The zero-order chi connectivity index (χ0) is 18.7. The summed E-state index contributed by atoms with van der Waals surface area (Å²) in [5.74, 6) is -0.685. The maximum Gasteiger partial charge on any atom is 0.389 e. The fraction of sp³-hybridized carbons (Fsp3) is 0.150. The van der Waals surface area contributed by atoms with Gasteiger partial charge in [-0.3, -0.25) is 4.79 Å². The smallest absolute Gasteiger partial charge is 0.389 e. The number of halogens is 3. The lowest BCUT2D eigenvalue weighted by Gasteiger charge is -2.10. The Morgan fingerprint density at radius 1 is 0.962 bits per heavy atom. The van der Waals surface area contributed by atoms with Gasteiger partial charge in [-0.2, -0.15) is 13.2 Å². The Morgan fingerprint density at radius 3 is 2.35 bits per heavy atom.